The topological polar surface area (TPSA) is 74.1 Å². The molecule has 0 saturated carbocycles. The van der Waals surface area contributed by atoms with Crippen LogP contribution >= 0.6 is 0 Å². The van der Waals surface area contributed by atoms with Crippen LogP contribution in [0.25, 0.3) is 5.76 Å². The zero-order valence-corrected chi connectivity index (χ0v) is 18.0. The molecule has 0 aliphatic carbocycles. The van der Waals surface area contributed by atoms with Gasteiger partial charge in [-0.1, -0.05) is 30.0 Å². The van der Waals surface area contributed by atoms with Gasteiger partial charge in [0.1, 0.15) is 11.6 Å². The van der Waals surface area contributed by atoms with Crippen LogP contribution in [0.1, 0.15) is 31.0 Å². The number of nitrogens with zero attached hydrogens (tertiary/aromatic N) is 1. The number of halogens is 1. The summed E-state index contributed by atoms with van der Waals surface area (Å²) < 4.78 is 18.5. The zero-order chi connectivity index (χ0) is 22.5. The number of amides is 1. The van der Waals surface area contributed by atoms with E-state index in [9.17, 15) is 19.1 Å². The van der Waals surface area contributed by atoms with Gasteiger partial charge in [-0.2, -0.15) is 0 Å². The maximum Gasteiger partial charge on any atom is 0.295 e. The molecule has 7 heteroatoms. The third-order valence-electron chi connectivity index (χ3n) is 5.77. The van der Waals surface area contributed by atoms with Gasteiger partial charge in [0.15, 0.2) is 0 Å². The number of methoxy groups -OCH3 is 1. The largest absolute Gasteiger partial charge is 0.872 e. The average molecular weight is 426 g/mol. The highest BCUT2D eigenvalue weighted by Gasteiger charge is 2.44. The van der Waals surface area contributed by atoms with Crippen molar-refractivity contribution in [1.29, 1.82) is 0 Å². The van der Waals surface area contributed by atoms with Gasteiger partial charge in [-0.3, -0.25) is 9.59 Å². The molecular formula is C24H27FN2O4. The maximum absolute atomic E-state index is 13.3. The number of benzene rings is 2. The standard InChI is InChI=1S/C24H27FN2O4/c1-4-26(5-2)14-15-27-21(16-8-12-19(31-3)13-9-16)20(23(29)24(27)30)22(28)17-6-10-18(25)11-7-17/h6-13,21,28H,4-5,14-15H2,1-3H3. The summed E-state index contributed by atoms with van der Waals surface area (Å²) >= 11 is 0. The van der Waals surface area contributed by atoms with Crippen molar-refractivity contribution < 1.29 is 28.7 Å². The van der Waals surface area contributed by atoms with E-state index in [1.165, 1.54) is 34.1 Å². The molecule has 1 amide bonds. The van der Waals surface area contributed by atoms with Gasteiger partial charge in [0.25, 0.3) is 5.91 Å². The molecule has 0 radical (unpaired) electrons. The minimum absolute atomic E-state index is 0.101. The lowest BCUT2D eigenvalue weighted by molar-refractivity contribution is -0.895. The van der Waals surface area contributed by atoms with Crippen LogP contribution in [-0.4, -0.2) is 49.9 Å². The van der Waals surface area contributed by atoms with Crippen LogP contribution in [0, 0.1) is 5.82 Å². The first-order chi connectivity index (χ1) is 14.9. The molecule has 31 heavy (non-hydrogen) atoms. The first-order valence-corrected chi connectivity index (χ1v) is 10.4. The van der Waals surface area contributed by atoms with Crippen molar-refractivity contribution in [2.45, 2.75) is 19.9 Å². The molecule has 1 atom stereocenters. The van der Waals surface area contributed by atoms with Crippen molar-refractivity contribution in [1.82, 2.24) is 4.90 Å². The van der Waals surface area contributed by atoms with Crippen molar-refractivity contribution in [3.63, 3.8) is 0 Å². The normalized spacial score (nSPS) is 18.1. The second-order valence-corrected chi connectivity index (χ2v) is 7.46. The lowest BCUT2D eigenvalue weighted by Gasteiger charge is -2.28. The van der Waals surface area contributed by atoms with E-state index in [2.05, 4.69) is 13.8 Å². The number of nitrogens with one attached hydrogen (secondary N) is 1. The lowest BCUT2D eigenvalue weighted by Crippen LogP contribution is -3.12. The molecule has 0 spiro atoms. The number of ether oxygens (including phenoxy) is 1. The van der Waals surface area contributed by atoms with Gasteiger partial charge in [-0.05, 0) is 49.2 Å². The molecule has 1 unspecified atom stereocenters. The lowest BCUT2D eigenvalue weighted by atomic mass is 9.95. The molecule has 2 aromatic carbocycles. The van der Waals surface area contributed by atoms with Crippen molar-refractivity contribution >= 4 is 17.4 Å². The fourth-order valence-corrected chi connectivity index (χ4v) is 3.87. The Bertz CT molecular complexity index is 966. The molecule has 1 fully saturated rings. The molecule has 1 saturated heterocycles. The summed E-state index contributed by atoms with van der Waals surface area (Å²) in [6, 6.07) is 11.2. The first kappa shape index (κ1) is 22.5. The van der Waals surface area contributed by atoms with Crippen molar-refractivity contribution in [2.24, 2.45) is 0 Å². The summed E-state index contributed by atoms with van der Waals surface area (Å²) in [5, 5.41) is 13.2. The summed E-state index contributed by atoms with van der Waals surface area (Å²) in [7, 11) is 1.55. The predicted molar refractivity (Wildman–Crippen MR) is 113 cm³/mol. The second kappa shape index (κ2) is 9.75. The van der Waals surface area contributed by atoms with Gasteiger partial charge in [-0.25, -0.2) is 4.39 Å². The summed E-state index contributed by atoms with van der Waals surface area (Å²) in [5.74, 6) is -1.89. The molecule has 2 aromatic rings. The van der Waals surface area contributed by atoms with Crippen molar-refractivity contribution in [3.8, 4) is 5.75 Å². The van der Waals surface area contributed by atoms with E-state index < -0.39 is 29.3 Å². The molecule has 1 aliphatic heterocycles. The fraction of sp³-hybridized carbons (Fsp3) is 0.333. The van der Waals surface area contributed by atoms with Gasteiger partial charge in [0, 0.05) is 5.57 Å². The Kier molecular flexibility index (Phi) is 7.07. The Morgan fingerprint density at radius 1 is 1.06 bits per heavy atom. The van der Waals surface area contributed by atoms with Crippen LogP contribution in [0.4, 0.5) is 4.39 Å². The maximum atomic E-state index is 13.3. The number of carbonyl (C=O) groups excluding carboxylic acids is 2. The molecule has 1 aliphatic rings. The summed E-state index contributed by atoms with van der Waals surface area (Å²) in [5.41, 5.74) is 0.726. The molecule has 3 rings (SSSR count). The van der Waals surface area contributed by atoms with Gasteiger partial charge in [0.05, 0.1) is 39.3 Å². The minimum Gasteiger partial charge on any atom is -0.872 e. The number of hydrogen-bond donors (Lipinski definition) is 1. The van der Waals surface area contributed by atoms with E-state index in [0.29, 0.717) is 24.4 Å². The van der Waals surface area contributed by atoms with E-state index in [1.807, 2.05) is 0 Å². The SMILES string of the molecule is CC[NH+](CC)CCN1C(=O)C(=O)C(=C([O-])c2ccc(F)cc2)C1c1ccc(OC)cc1. The molecule has 0 bridgehead atoms. The van der Waals surface area contributed by atoms with E-state index >= 15 is 0 Å². The van der Waals surface area contributed by atoms with Crippen molar-refractivity contribution in [3.05, 3.63) is 71.0 Å². The number of ketones is 1. The van der Waals surface area contributed by atoms with E-state index in [-0.39, 0.29) is 11.1 Å². The van der Waals surface area contributed by atoms with Crippen LogP contribution < -0.4 is 14.7 Å². The highest BCUT2D eigenvalue weighted by molar-refractivity contribution is 6.46. The number of Topliss-reactive ketones (excluding diaryl/α,β-unsaturated/α-hetero) is 1. The Balaban J connectivity index is 2.08. The highest BCUT2D eigenvalue weighted by Crippen LogP contribution is 2.38. The predicted octanol–water partition coefficient (Wildman–Crippen LogP) is 0.983. The quantitative estimate of drug-likeness (QED) is 0.388. The Morgan fingerprint density at radius 2 is 1.68 bits per heavy atom. The number of hydrogen-bond acceptors (Lipinski definition) is 4. The van der Waals surface area contributed by atoms with Crippen LogP contribution in [0.2, 0.25) is 0 Å². The Labute approximate surface area is 181 Å². The van der Waals surface area contributed by atoms with E-state index in [1.54, 1.807) is 31.4 Å². The zero-order valence-electron chi connectivity index (χ0n) is 18.0. The first-order valence-electron chi connectivity index (χ1n) is 10.4. The summed E-state index contributed by atoms with van der Waals surface area (Å²) in [4.78, 5) is 28.6. The highest BCUT2D eigenvalue weighted by atomic mass is 19.1. The average Bonchev–Trinajstić information content (AvgIpc) is 3.04. The smallest absolute Gasteiger partial charge is 0.295 e. The van der Waals surface area contributed by atoms with Gasteiger partial charge < -0.3 is 19.6 Å². The molecule has 1 heterocycles. The second-order valence-electron chi connectivity index (χ2n) is 7.46. The van der Waals surface area contributed by atoms with Gasteiger partial charge in [-0.15, -0.1) is 0 Å². The Hall–Kier alpha value is -3.19. The van der Waals surface area contributed by atoms with Crippen LogP contribution in [0.5, 0.6) is 5.75 Å². The molecule has 6 nitrogen and oxygen atoms in total. The van der Waals surface area contributed by atoms with Gasteiger partial charge in [0.2, 0.25) is 5.78 Å². The molecule has 1 N–H and O–H groups in total. The van der Waals surface area contributed by atoms with Gasteiger partial charge >= 0.3 is 0 Å². The number of likely N-dealkylation sites (tertiary alicyclic amines) is 1. The molecule has 0 aromatic heterocycles. The van der Waals surface area contributed by atoms with E-state index in [4.69, 9.17) is 4.74 Å². The Morgan fingerprint density at radius 3 is 2.23 bits per heavy atom. The third kappa shape index (κ3) is 4.61. The minimum atomic E-state index is -0.801. The van der Waals surface area contributed by atoms with E-state index in [0.717, 1.165) is 13.1 Å². The number of carbonyl (C=O) groups is 2. The molecule has 164 valence electrons. The third-order valence-corrected chi connectivity index (χ3v) is 5.77. The summed E-state index contributed by atoms with van der Waals surface area (Å²) in [6.45, 7) is 6.92. The summed E-state index contributed by atoms with van der Waals surface area (Å²) in [6.07, 6.45) is 0. The fourth-order valence-electron chi connectivity index (χ4n) is 3.87. The van der Waals surface area contributed by atoms with Crippen LogP contribution in [0.15, 0.2) is 54.1 Å². The number of likely N-dealkylation sites (N-methyl/N-ethyl adjacent to an activating group) is 1. The van der Waals surface area contributed by atoms with Crippen molar-refractivity contribution in [2.75, 3.05) is 33.3 Å². The monoisotopic (exact) mass is 426 g/mol. The van der Waals surface area contributed by atoms with Crippen LogP contribution in [0.3, 0.4) is 0 Å². The van der Waals surface area contributed by atoms with Crippen LogP contribution in [-0.2, 0) is 9.59 Å². The molecular weight excluding hydrogens is 399 g/mol. The number of quaternary nitrogens is 1. The number of rotatable bonds is 8.